The molecule has 1 aliphatic rings. The maximum absolute atomic E-state index is 12.6. The number of hydrogen-bond donors (Lipinski definition) is 0. The van der Waals surface area contributed by atoms with Crippen LogP contribution in [0.1, 0.15) is 26.3 Å². The van der Waals surface area contributed by atoms with E-state index in [0.717, 1.165) is 17.6 Å². The van der Waals surface area contributed by atoms with E-state index in [1.165, 1.54) is 0 Å². The molecule has 0 N–H and O–H groups in total. The lowest BCUT2D eigenvalue weighted by Crippen LogP contribution is -2.44. The number of nitrogens with zero attached hydrogens (tertiary/aromatic N) is 2. The van der Waals surface area contributed by atoms with Crippen LogP contribution in [-0.4, -0.2) is 65.7 Å². The monoisotopic (exact) mass is 392 g/mol. The Morgan fingerprint density at radius 3 is 2.36 bits per heavy atom. The molecular weight excluding hydrogens is 368 g/mol. The summed E-state index contributed by atoms with van der Waals surface area (Å²) in [6.07, 6.45) is -0.990. The summed E-state index contributed by atoms with van der Waals surface area (Å²) in [7, 11) is 1.15. The van der Waals surface area contributed by atoms with Gasteiger partial charge in [0, 0.05) is 0 Å². The van der Waals surface area contributed by atoms with Crippen LogP contribution in [-0.2, 0) is 30.4 Å². The molecule has 0 aromatic heterocycles. The second-order valence-electron chi connectivity index (χ2n) is 7.20. The minimum Gasteiger partial charge on any atom is -0.467 e. The second-order valence-corrected chi connectivity index (χ2v) is 7.20. The number of amides is 3. The zero-order valence-electron chi connectivity index (χ0n) is 16.3. The fourth-order valence-corrected chi connectivity index (χ4v) is 2.63. The highest BCUT2D eigenvalue weighted by Crippen LogP contribution is 2.20. The first-order valence-corrected chi connectivity index (χ1v) is 8.71. The van der Waals surface area contributed by atoms with Crippen molar-refractivity contribution in [3.05, 3.63) is 35.9 Å². The third-order valence-electron chi connectivity index (χ3n) is 3.80. The van der Waals surface area contributed by atoms with Gasteiger partial charge in [0.25, 0.3) is 0 Å². The first kappa shape index (κ1) is 21.2. The predicted molar refractivity (Wildman–Crippen MR) is 97.1 cm³/mol. The third kappa shape index (κ3) is 5.45. The molecule has 0 saturated carbocycles. The van der Waals surface area contributed by atoms with E-state index < -0.39 is 42.3 Å². The topological polar surface area (TPSA) is 102 Å². The fraction of sp³-hybridized carbons (Fsp3) is 0.474. The number of imide groups is 1. The minimum atomic E-state index is -1.21. The van der Waals surface area contributed by atoms with Crippen molar-refractivity contribution in [1.29, 1.82) is 0 Å². The quantitative estimate of drug-likeness (QED) is 0.557. The van der Waals surface area contributed by atoms with Crippen molar-refractivity contribution in [3.8, 4) is 0 Å². The van der Waals surface area contributed by atoms with Crippen molar-refractivity contribution in [2.24, 2.45) is 0 Å². The van der Waals surface area contributed by atoms with Crippen LogP contribution in [0, 0.1) is 0 Å². The molecule has 9 heteroatoms. The Labute approximate surface area is 163 Å². The summed E-state index contributed by atoms with van der Waals surface area (Å²) in [5, 5.41) is 0. The molecule has 1 aromatic carbocycles. The van der Waals surface area contributed by atoms with Crippen LogP contribution in [0.2, 0.25) is 0 Å². The van der Waals surface area contributed by atoms with Gasteiger partial charge in [-0.15, -0.1) is 0 Å². The Kier molecular flexibility index (Phi) is 6.61. The summed E-state index contributed by atoms with van der Waals surface area (Å²) in [5.74, 6) is -1.43. The normalized spacial score (nSPS) is 16.7. The molecule has 0 spiro atoms. The number of esters is 2. The van der Waals surface area contributed by atoms with E-state index in [4.69, 9.17) is 9.47 Å². The van der Waals surface area contributed by atoms with Gasteiger partial charge in [0.05, 0.1) is 13.7 Å². The van der Waals surface area contributed by atoms with Crippen molar-refractivity contribution in [2.45, 2.75) is 39.0 Å². The fourth-order valence-electron chi connectivity index (χ4n) is 2.63. The molecule has 9 nitrogen and oxygen atoms in total. The number of benzene rings is 1. The highest BCUT2D eigenvalue weighted by atomic mass is 16.6. The lowest BCUT2D eigenvalue weighted by atomic mass is 10.2. The van der Waals surface area contributed by atoms with Gasteiger partial charge in [-0.25, -0.2) is 19.3 Å². The summed E-state index contributed by atoms with van der Waals surface area (Å²) in [6, 6.07) is 6.87. The lowest BCUT2D eigenvalue weighted by molar-refractivity contribution is -0.155. The lowest BCUT2D eigenvalue weighted by Gasteiger charge is -2.22. The van der Waals surface area contributed by atoms with Crippen molar-refractivity contribution in [1.82, 2.24) is 9.80 Å². The molecule has 1 heterocycles. The van der Waals surface area contributed by atoms with E-state index in [-0.39, 0.29) is 13.2 Å². The van der Waals surface area contributed by atoms with Gasteiger partial charge in [0.15, 0.2) is 6.04 Å². The molecule has 0 radical (unpaired) electrons. The van der Waals surface area contributed by atoms with E-state index in [9.17, 15) is 19.2 Å². The van der Waals surface area contributed by atoms with Crippen LogP contribution in [0.4, 0.5) is 9.59 Å². The number of hydrogen-bond acceptors (Lipinski definition) is 7. The average Bonchev–Trinajstić information content (AvgIpc) is 2.94. The van der Waals surface area contributed by atoms with Crippen molar-refractivity contribution in [2.75, 3.05) is 20.2 Å². The molecule has 1 atom stereocenters. The molecule has 152 valence electrons. The number of carbonyl (C=O) groups excluding carboxylic acids is 4. The van der Waals surface area contributed by atoms with Gasteiger partial charge in [-0.2, -0.15) is 0 Å². The Bertz CT molecular complexity index is 742. The van der Waals surface area contributed by atoms with Crippen LogP contribution in [0.5, 0.6) is 0 Å². The van der Waals surface area contributed by atoms with Gasteiger partial charge in [-0.1, -0.05) is 30.3 Å². The van der Waals surface area contributed by atoms with E-state index in [1.54, 1.807) is 45.0 Å². The molecule has 1 aliphatic heterocycles. The summed E-state index contributed by atoms with van der Waals surface area (Å²) >= 11 is 0. The summed E-state index contributed by atoms with van der Waals surface area (Å²) in [4.78, 5) is 50.9. The van der Waals surface area contributed by atoms with Crippen LogP contribution >= 0.6 is 0 Å². The summed E-state index contributed by atoms with van der Waals surface area (Å²) in [5.41, 5.74) is -0.00154. The van der Waals surface area contributed by atoms with Crippen LogP contribution in [0.15, 0.2) is 30.3 Å². The average molecular weight is 392 g/mol. The van der Waals surface area contributed by atoms with Crippen LogP contribution in [0.25, 0.3) is 0 Å². The Morgan fingerprint density at radius 1 is 1.14 bits per heavy atom. The van der Waals surface area contributed by atoms with Gasteiger partial charge in [-0.3, -0.25) is 4.79 Å². The van der Waals surface area contributed by atoms with Crippen molar-refractivity contribution < 1.29 is 33.4 Å². The first-order chi connectivity index (χ1) is 13.1. The van der Waals surface area contributed by atoms with Gasteiger partial charge in [0.2, 0.25) is 0 Å². The first-order valence-electron chi connectivity index (χ1n) is 8.71. The number of carbonyl (C=O) groups is 4. The Hall–Kier alpha value is -3.10. The highest BCUT2D eigenvalue weighted by Gasteiger charge is 2.47. The molecule has 3 amide bonds. The maximum Gasteiger partial charge on any atom is 0.419 e. The molecule has 1 fully saturated rings. The minimum absolute atomic E-state index is 0.0661. The van der Waals surface area contributed by atoms with Gasteiger partial charge < -0.3 is 19.1 Å². The van der Waals surface area contributed by atoms with Gasteiger partial charge in [0.1, 0.15) is 18.8 Å². The van der Waals surface area contributed by atoms with Gasteiger partial charge in [-0.05, 0) is 26.3 Å². The molecule has 1 aromatic rings. The molecular formula is C19H24N2O7. The predicted octanol–water partition coefficient (Wildman–Crippen LogP) is 1.94. The summed E-state index contributed by atoms with van der Waals surface area (Å²) in [6.45, 7) is 4.43. The standard InChI is InChI=1S/C19H24N2O7/c1-19(2,3)28-15(22)11-20-10-14(16(23)26-4)21(17(20)24)18(25)27-12-13-8-6-5-7-9-13/h5-9,14H,10-12H2,1-4H3/t14-/m0/s1. The second kappa shape index (κ2) is 8.73. The molecule has 2 rings (SSSR count). The third-order valence-corrected chi connectivity index (χ3v) is 3.80. The van der Waals surface area contributed by atoms with Crippen LogP contribution in [0.3, 0.4) is 0 Å². The number of methoxy groups -OCH3 is 1. The zero-order valence-corrected chi connectivity index (χ0v) is 16.3. The number of rotatable bonds is 5. The molecule has 0 bridgehead atoms. The number of ether oxygens (including phenoxy) is 3. The molecule has 0 unspecified atom stereocenters. The smallest absolute Gasteiger partial charge is 0.419 e. The summed E-state index contributed by atoms with van der Waals surface area (Å²) < 4.78 is 15.0. The SMILES string of the molecule is COC(=O)[C@@H]1CN(CC(=O)OC(C)(C)C)C(=O)N1C(=O)OCc1ccccc1. The Morgan fingerprint density at radius 2 is 1.79 bits per heavy atom. The largest absolute Gasteiger partial charge is 0.467 e. The van der Waals surface area contributed by atoms with Crippen molar-refractivity contribution in [3.63, 3.8) is 0 Å². The van der Waals surface area contributed by atoms with E-state index >= 15 is 0 Å². The molecule has 0 aliphatic carbocycles. The number of urea groups is 1. The van der Waals surface area contributed by atoms with E-state index in [1.807, 2.05) is 6.07 Å². The molecule has 1 saturated heterocycles. The van der Waals surface area contributed by atoms with Crippen molar-refractivity contribution >= 4 is 24.1 Å². The van der Waals surface area contributed by atoms with Gasteiger partial charge >= 0.3 is 24.1 Å². The van der Waals surface area contributed by atoms with E-state index in [0.29, 0.717) is 4.90 Å². The zero-order chi connectivity index (χ0) is 20.9. The van der Waals surface area contributed by atoms with E-state index in [2.05, 4.69) is 4.74 Å². The molecule has 28 heavy (non-hydrogen) atoms. The highest BCUT2D eigenvalue weighted by molar-refractivity contribution is 5.99. The maximum atomic E-state index is 12.6. The van der Waals surface area contributed by atoms with Crippen LogP contribution < -0.4 is 0 Å². The Balaban J connectivity index is 2.09.